The van der Waals surface area contributed by atoms with Crippen LogP contribution in [-0.2, 0) is 16.0 Å². The van der Waals surface area contributed by atoms with E-state index in [0.717, 1.165) is 30.3 Å². The van der Waals surface area contributed by atoms with Gasteiger partial charge in [0.15, 0.2) is 0 Å². The van der Waals surface area contributed by atoms with Crippen LogP contribution in [0.25, 0.3) is 0 Å². The highest BCUT2D eigenvalue weighted by molar-refractivity contribution is 5.79. The van der Waals surface area contributed by atoms with Crippen molar-refractivity contribution in [2.45, 2.75) is 50.7 Å². The molecule has 4 atom stereocenters. The molecule has 4 rings (SSSR count). The van der Waals surface area contributed by atoms with Crippen molar-refractivity contribution in [1.82, 2.24) is 5.32 Å². The summed E-state index contributed by atoms with van der Waals surface area (Å²) in [5, 5.41) is 3.34. The van der Waals surface area contributed by atoms with Crippen LogP contribution in [0.3, 0.4) is 0 Å². The fourth-order valence-corrected chi connectivity index (χ4v) is 5.03. The lowest BCUT2D eigenvalue weighted by Gasteiger charge is -2.50. The molecule has 4 nitrogen and oxygen atoms in total. The van der Waals surface area contributed by atoms with Gasteiger partial charge in [0.1, 0.15) is 5.75 Å². The van der Waals surface area contributed by atoms with Gasteiger partial charge in [-0.3, -0.25) is 4.79 Å². The smallest absolute Gasteiger partial charge is 0.224 e. The van der Waals surface area contributed by atoms with Gasteiger partial charge in [-0.2, -0.15) is 0 Å². The standard InChI is InChI=1S/C20H27NO3/c1-23-15-8-6-13(7-9-15)12-17(22)21-19-16-10-11-24-20(16)18(19)14-4-2-3-5-14/h6-9,14,16,18-20H,2-5,10-12H2,1H3,(H,21,22)/t16-,18+,19-,20-/m0/s1. The summed E-state index contributed by atoms with van der Waals surface area (Å²) in [6.45, 7) is 0.864. The summed E-state index contributed by atoms with van der Waals surface area (Å²) in [5.74, 6) is 2.79. The fourth-order valence-electron chi connectivity index (χ4n) is 5.03. The van der Waals surface area contributed by atoms with Crippen molar-refractivity contribution in [2.75, 3.05) is 13.7 Å². The van der Waals surface area contributed by atoms with Crippen LogP contribution < -0.4 is 10.1 Å². The maximum Gasteiger partial charge on any atom is 0.224 e. The summed E-state index contributed by atoms with van der Waals surface area (Å²) in [7, 11) is 1.65. The molecule has 0 radical (unpaired) electrons. The zero-order valence-corrected chi connectivity index (χ0v) is 14.4. The Balaban J connectivity index is 1.38. The zero-order valence-electron chi connectivity index (χ0n) is 14.4. The minimum Gasteiger partial charge on any atom is -0.497 e. The average Bonchev–Trinajstić information content (AvgIpc) is 3.24. The fraction of sp³-hybridized carbons (Fsp3) is 0.650. The number of carbonyl (C=O) groups is 1. The predicted molar refractivity (Wildman–Crippen MR) is 91.9 cm³/mol. The minimum absolute atomic E-state index is 0.138. The Kier molecular flexibility index (Phi) is 4.49. The Labute approximate surface area is 143 Å². The molecule has 1 N–H and O–H groups in total. The lowest BCUT2D eigenvalue weighted by Crippen LogP contribution is -2.63. The molecule has 1 aromatic carbocycles. The Hall–Kier alpha value is -1.55. The second kappa shape index (κ2) is 6.75. The van der Waals surface area contributed by atoms with Crippen LogP contribution in [0, 0.1) is 17.8 Å². The SMILES string of the molecule is COc1ccc(CC(=O)N[C@H]2[C@@H]3CCO[C@@H]3[C@@H]2C2CCCC2)cc1. The number of ether oxygens (including phenoxy) is 2. The molecule has 0 aromatic heterocycles. The molecular formula is C20H27NO3. The van der Waals surface area contributed by atoms with Crippen LogP contribution in [0.15, 0.2) is 24.3 Å². The first kappa shape index (κ1) is 15.9. The second-order valence-corrected chi connectivity index (χ2v) is 7.53. The van der Waals surface area contributed by atoms with E-state index in [9.17, 15) is 4.79 Å². The van der Waals surface area contributed by atoms with Crippen molar-refractivity contribution in [1.29, 1.82) is 0 Å². The summed E-state index contributed by atoms with van der Waals surface area (Å²) in [4.78, 5) is 12.5. The molecule has 4 heteroatoms. The van der Waals surface area contributed by atoms with E-state index in [2.05, 4.69) is 5.32 Å². The molecule has 3 aliphatic rings. The third-order valence-electron chi connectivity index (χ3n) is 6.23. The van der Waals surface area contributed by atoms with Gasteiger partial charge in [0.25, 0.3) is 0 Å². The molecule has 24 heavy (non-hydrogen) atoms. The van der Waals surface area contributed by atoms with Gasteiger partial charge < -0.3 is 14.8 Å². The van der Waals surface area contributed by atoms with Crippen molar-refractivity contribution in [2.24, 2.45) is 17.8 Å². The van der Waals surface area contributed by atoms with E-state index < -0.39 is 0 Å². The van der Waals surface area contributed by atoms with E-state index in [4.69, 9.17) is 9.47 Å². The molecule has 1 aromatic rings. The van der Waals surface area contributed by atoms with Crippen LogP contribution in [0.2, 0.25) is 0 Å². The molecule has 0 bridgehead atoms. The normalized spacial score (nSPS) is 32.2. The summed E-state index contributed by atoms with van der Waals surface area (Å²) in [5.41, 5.74) is 1.03. The molecule has 2 saturated carbocycles. The highest BCUT2D eigenvalue weighted by atomic mass is 16.5. The predicted octanol–water partition coefficient (Wildman–Crippen LogP) is 2.95. The molecular weight excluding hydrogens is 302 g/mol. The summed E-state index contributed by atoms with van der Waals surface area (Å²) in [6.07, 6.45) is 7.23. The van der Waals surface area contributed by atoms with Crippen LogP contribution >= 0.6 is 0 Å². The number of benzene rings is 1. The second-order valence-electron chi connectivity index (χ2n) is 7.53. The van der Waals surface area contributed by atoms with Crippen molar-refractivity contribution in [3.63, 3.8) is 0 Å². The average molecular weight is 329 g/mol. The summed E-state index contributed by atoms with van der Waals surface area (Å²) < 4.78 is 11.1. The lowest BCUT2D eigenvalue weighted by atomic mass is 9.61. The molecule has 1 heterocycles. The minimum atomic E-state index is 0.138. The van der Waals surface area contributed by atoms with E-state index in [1.807, 2.05) is 24.3 Å². The number of rotatable bonds is 5. The number of amides is 1. The van der Waals surface area contributed by atoms with Gasteiger partial charge >= 0.3 is 0 Å². The first-order valence-corrected chi connectivity index (χ1v) is 9.30. The van der Waals surface area contributed by atoms with Gasteiger partial charge in [-0.05, 0) is 30.0 Å². The zero-order chi connectivity index (χ0) is 16.5. The summed E-state index contributed by atoms with van der Waals surface area (Å²) in [6, 6.07) is 8.08. The van der Waals surface area contributed by atoms with E-state index in [1.54, 1.807) is 7.11 Å². The van der Waals surface area contributed by atoms with Gasteiger partial charge in [-0.15, -0.1) is 0 Å². The lowest BCUT2D eigenvalue weighted by molar-refractivity contribution is -0.129. The summed E-state index contributed by atoms with van der Waals surface area (Å²) >= 11 is 0. The number of hydrogen-bond acceptors (Lipinski definition) is 3. The number of carbonyl (C=O) groups excluding carboxylic acids is 1. The molecule has 3 fully saturated rings. The van der Waals surface area contributed by atoms with Crippen molar-refractivity contribution >= 4 is 5.91 Å². The molecule has 0 spiro atoms. The number of nitrogens with one attached hydrogen (secondary N) is 1. The Morgan fingerprint density at radius 1 is 1.21 bits per heavy atom. The van der Waals surface area contributed by atoms with Crippen molar-refractivity contribution < 1.29 is 14.3 Å². The van der Waals surface area contributed by atoms with E-state index in [-0.39, 0.29) is 5.91 Å². The van der Waals surface area contributed by atoms with Crippen molar-refractivity contribution in [3.05, 3.63) is 29.8 Å². The first-order chi connectivity index (χ1) is 11.8. The Morgan fingerprint density at radius 3 is 2.67 bits per heavy atom. The third-order valence-corrected chi connectivity index (χ3v) is 6.23. The number of methoxy groups -OCH3 is 1. The maximum atomic E-state index is 12.5. The van der Waals surface area contributed by atoms with Crippen LogP contribution in [-0.4, -0.2) is 31.8 Å². The van der Waals surface area contributed by atoms with Gasteiger partial charge in [-0.25, -0.2) is 0 Å². The van der Waals surface area contributed by atoms with Gasteiger partial charge in [0.2, 0.25) is 5.91 Å². The molecule has 2 aliphatic carbocycles. The van der Waals surface area contributed by atoms with E-state index in [0.29, 0.717) is 30.4 Å². The van der Waals surface area contributed by atoms with Gasteiger partial charge in [0, 0.05) is 24.5 Å². The highest BCUT2D eigenvalue weighted by Crippen LogP contribution is 2.51. The number of hydrogen-bond donors (Lipinski definition) is 1. The first-order valence-electron chi connectivity index (χ1n) is 9.30. The Bertz CT molecular complexity index is 574. The molecule has 0 unspecified atom stereocenters. The van der Waals surface area contributed by atoms with E-state index in [1.165, 1.54) is 25.7 Å². The molecule has 1 aliphatic heterocycles. The highest BCUT2D eigenvalue weighted by Gasteiger charge is 2.56. The monoisotopic (exact) mass is 329 g/mol. The van der Waals surface area contributed by atoms with Crippen LogP contribution in [0.5, 0.6) is 5.75 Å². The molecule has 130 valence electrons. The van der Waals surface area contributed by atoms with Gasteiger partial charge in [0.05, 0.1) is 19.6 Å². The molecule has 1 amide bonds. The maximum absolute atomic E-state index is 12.5. The topological polar surface area (TPSA) is 47.6 Å². The van der Waals surface area contributed by atoms with Crippen molar-refractivity contribution in [3.8, 4) is 5.75 Å². The largest absolute Gasteiger partial charge is 0.497 e. The van der Waals surface area contributed by atoms with E-state index >= 15 is 0 Å². The Morgan fingerprint density at radius 2 is 1.96 bits per heavy atom. The molecule has 1 saturated heterocycles. The van der Waals surface area contributed by atoms with Crippen LogP contribution in [0.1, 0.15) is 37.7 Å². The van der Waals surface area contributed by atoms with Gasteiger partial charge in [-0.1, -0.05) is 37.8 Å². The number of fused-ring (bicyclic) bond motifs is 1. The quantitative estimate of drug-likeness (QED) is 0.903. The third kappa shape index (κ3) is 2.92. The van der Waals surface area contributed by atoms with Crippen LogP contribution in [0.4, 0.5) is 0 Å².